The minimum Gasteiger partial charge on any atom is -0.399 e. The molecule has 2 rings (SSSR count). The Morgan fingerprint density at radius 2 is 1.90 bits per heavy atom. The van der Waals surface area contributed by atoms with Crippen molar-refractivity contribution in [2.75, 3.05) is 11.1 Å². The van der Waals surface area contributed by atoms with Gasteiger partial charge in [0.25, 0.3) is 0 Å². The average molecular weight is 335 g/mol. The second-order valence-corrected chi connectivity index (χ2v) is 5.03. The van der Waals surface area contributed by atoms with Crippen LogP contribution in [0.15, 0.2) is 53.0 Å². The summed E-state index contributed by atoms with van der Waals surface area (Å²) >= 11 is 3.15. The second-order valence-electron chi connectivity index (χ2n) is 4.11. The Labute approximate surface area is 124 Å². The highest BCUT2D eigenvalue weighted by Gasteiger charge is 2.04. The fourth-order valence-electron chi connectivity index (χ4n) is 1.54. The second kappa shape index (κ2) is 6.34. The lowest BCUT2D eigenvalue weighted by Crippen LogP contribution is -2.09. The van der Waals surface area contributed by atoms with E-state index in [9.17, 15) is 9.18 Å². The van der Waals surface area contributed by atoms with Crippen LogP contribution in [-0.2, 0) is 4.79 Å². The molecule has 0 saturated carbocycles. The number of nitrogens with two attached hydrogens (primary N) is 1. The molecule has 0 bridgehead atoms. The number of hydrogen-bond donors (Lipinski definition) is 2. The number of benzene rings is 2. The zero-order chi connectivity index (χ0) is 14.5. The number of carbonyl (C=O) groups is 1. The fraction of sp³-hybridized carbons (Fsp3) is 0. The monoisotopic (exact) mass is 334 g/mol. The Hall–Kier alpha value is -2.14. The van der Waals surface area contributed by atoms with E-state index in [0.717, 1.165) is 5.56 Å². The first-order chi connectivity index (χ1) is 9.54. The van der Waals surface area contributed by atoms with Gasteiger partial charge in [-0.2, -0.15) is 0 Å². The highest BCUT2D eigenvalue weighted by molar-refractivity contribution is 9.10. The van der Waals surface area contributed by atoms with Gasteiger partial charge in [0, 0.05) is 16.2 Å². The molecule has 0 unspecified atom stereocenters. The van der Waals surface area contributed by atoms with Gasteiger partial charge in [-0.3, -0.25) is 4.79 Å². The third kappa shape index (κ3) is 3.93. The summed E-state index contributed by atoms with van der Waals surface area (Å²) in [5.74, 6) is -0.892. The minimum atomic E-state index is -0.492. The Morgan fingerprint density at radius 3 is 2.55 bits per heavy atom. The van der Waals surface area contributed by atoms with E-state index in [1.54, 1.807) is 36.4 Å². The Bertz CT molecular complexity index is 653. The lowest BCUT2D eigenvalue weighted by atomic mass is 10.2. The van der Waals surface area contributed by atoms with E-state index in [2.05, 4.69) is 21.2 Å². The highest BCUT2D eigenvalue weighted by atomic mass is 79.9. The quantitative estimate of drug-likeness (QED) is 0.662. The highest BCUT2D eigenvalue weighted by Crippen LogP contribution is 2.19. The molecule has 0 aromatic heterocycles. The maximum absolute atomic E-state index is 13.5. The first kappa shape index (κ1) is 14.3. The van der Waals surface area contributed by atoms with Crippen LogP contribution in [0.5, 0.6) is 0 Å². The maximum Gasteiger partial charge on any atom is 0.248 e. The molecule has 2 aromatic rings. The number of amides is 1. The van der Waals surface area contributed by atoms with Crippen LogP contribution in [0, 0.1) is 5.82 Å². The molecule has 0 aliphatic rings. The molecule has 1 amide bonds. The summed E-state index contributed by atoms with van der Waals surface area (Å²) in [5.41, 5.74) is 7.20. The van der Waals surface area contributed by atoms with Crippen molar-refractivity contribution in [1.29, 1.82) is 0 Å². The molecule has 20 heavy (non-hydrogen) atoms. The molecule has 0 aliphatic heterocycles. The first-order valence-corrected chi connectivity index (χ1v) is 6.63. The van der Waals surface area contributed by atoms with Crippen molar-refractivity contribution < 1.29 is 9.18 Å². The van der Waals surface area contributed by atoms with Gasteiger partial charge in [-0.15, -0.1) is 0 Å². The third-order valence-electron chi connectivity index (χ3n) is 2.55. The summed E-state index contributed by atoms with van der Waals surface area (Å²) in [6.45, 7) is 0. The van der Waals surface area contributed by atoms with E-state index < -0.39 is 11.7 Å². The molecule has 0 radical (unpaired) electrons. The molecule has 0 heterocycles. The molecule has 0 spiro atoms. The van der Waals surface area contributed by atoms with Crippen LogP contribution in [0.3, 0.4) is 0 Å². The predicted molar refractivity (Wildman–Crippen MR) is 82.6 cm³/mol. The summed E-state index contributed by atoms with van der Waals surface area (Å²) in [7, 11) is 0. The van der Waals surface area contributed by atoms with Crippen LogP contribution in [0.2, 0.25) is 0 Å². The van der Waals surface area contributed by atoms with E-state index >= 15 is 0 Å². The number of rotatable bonds is 3. The summed E-state index contributed by atoms with van der Waals surface area (Å²) in [6.07, 6.45) is 2.97. The predicted octanol–water partition coefficient (Wildman–Crippen LogP) is 3.82. The van der Waals surface area contributed by atoms with Crippen molar-refractivity contribution in [2.24, 2.45) is 0 Å². The van der Waals surface area contributed by atoms with Crippen molar-refractivity contribution >= 4 is 39.3 Å². The molecule has 0 atom stereocenters. The zero-order valence-electron chi connectivity index (χ0n) is 10.4. The molecule has 0 saturated heterocycles. The van der Waals surface area contributed by atoms with Crippen LogP contribution in [0.4, 0.5) is 15.8 Å². The maximum atomic E-state index is 13.5. The number of hydrogen-bond acceptors (Lipinski definition) is 2. The summed E-state index contributed by atoms with van der Waals surface area (Å²) < 4.78 is 14.2. The van der Waals surface area contributed by atoms with Gasteiger partial charge in [-0.1, -0.05) is 28.1 Å². The van der Waals surface area contributed by atoms with Gasteiger partial charge in [-0.05, 0) is 42.0 Å². The van der Waals surface area contributed by atoms with E-state index in [-0.39, 0.29) is 5.69 Å². The van der Waals surface area contributed by atoms with Gasteiger partial charge in [-0.25, -0.2) is 4.39 Å². The van der Waals surface area contributed by atoms with Gasteiger partial charge in [0.05, 0.1) is 5.69 Å². The summed E-state index contributed by atoms with van der Waals surface area (Å²) in [6, 6.07) is 11.5. The first-order valence-electron chi connectivity index (χ1n) is 5.84. The summed E-state index contributed by atoms with van der Waals surface area (Å²) in [5, 5.41) is 2.47. The summed E-state index contributed by atoms with van der Waals surface area (Å²) in [4.78, 5) is 11.7. The topological polar surface area (TPSA) is 55.1 Å². The van der Waals surface area contributed by atoms with Crippen LogP contribution >= 0.6 is 15.9 Å². The minimum absolute atomic E-state index is 0.139. The molecule has 5 heteroatoms. The number of nitrogen functional groups attached to an aromatic ring is 1. The molecule has 0 aliphatic carbocycles. The van der Waals surface area contributed by atoms with Crippen molar-refractivity contribution in [1.82, 2.24) is 0 Å². The van der Waals surface area contributed by atoms with Gasteiger partial charge >= 0.3 is 0 Å². The fourth-order valence-corrected chi connectivity index (χ4v) is 1.88. The van der Waals surface area contributed by atoms with E-state index in [4.69, 9.17) is 5.73 Å². The molecular weight excluding hydrogens is 323 g/mol. The lowest BCUT2D eigenvalue weighted by Gasteiger charge is -2.04. The third-order valence-corrected chi connectivity index (χ3v) is 3.05. The number of anilines is 2. The SMILES string of the molecule is Nc1ccc(/C=C/C(=O)Nc2ccc(Br)cc2F)cc1. The lowest BCUT2D eigenvalue weighted by molar-refractivity contribution is -0.111. The Morgan fingerprint density at radius 1 is 1.20 bits per heavy atom. The van der Waals surface area contributed by atoms with Gasteiger partial charge in [0.1, 0.15) is 5.82 Å². The normalized spacial score (nSPS) is 10.7. The Balaban J connectivity index is 2.03. The smallest absolute Gasteiger partial charge is 0.248 e. The standard InChI is InChI=1S/C15H12BrFN2O/c16-11-4-7-14(13(17)9-11)19-15(20)8-3-10-1-5-12(18)6-2-10/h1-9H,18H2,(H,19,20)/b8-3+. The van der Waals surface area contributed by atoms with Crippen molar-refractivity contribution in [2.45, 2.75) is 0 Å². The Kier molecular flexibility index (Phi) is 4.53. The van der Waals surface area contributed by atoms with Crippen LogP contribution in [-0.4, -0.2) is 5.91 Å². The number of halogens is 2. The van der Waals surface area contributed by atoms with Crippen LogP contribution < -0.4 is 11.1 Å². The largest absolute Gasteiger partial charge is 0.399 e. The molecule has 2 aromatic carbocycles. The van der Waals surface area contributed by atoms with Crippen LogP contribution in [0.25, 0.3) is 6.08 Å². The average Bonchev–Trinajstić information content (AvgIpc) is 2.41. The van der Waals surface area contributed by atoms with Gasteiger partial charge < -0.3 is 11.1 Å². The van der Waals surface area contributed by atoms with Crippen molar-refractivity contribution in [3.05, 3.63) is 64.4 Å². The molecule has 3 N–H and O–H groups in total. The molecular formula is C15H12BrFN2O. The number of carbonyl (C=O) groups excluding carboxylic acids is 1. The van der Waals surface area contributed by atoms with E-state index in [1.807, 2.05) is 0 Å². The molecule has 0 fully saturated rings. The number of nitrogens with one attached hydrogen (secondary N) is 1. The van der Waals surface area contributed by atoms with Crippen molar-refractivity contribution in [3.8, 4) is 0 Å². The van der Waals surface area contributed by atoms with Gasteiger partial charge in [0.15, 0.2) is 0 Å². The molecule has 102 valence electrons. The van der Waals surface area contributed by atoms with E-state index in [1.165, 1.54) is 18.2 Å². The zero-order valence-corrected chi connectivity index (χ0v) is 12.0. The van der Waals surface area contributed by atoms with E-state index in [0.29, 0.717) is 10.2 Å². The van der Waals surface area contributed by atoms with Gasteiger partial charge in [0.2, 0.25) is 5.91 Å². The van der Waals surface area contributed by atoms with Crippen molar-refractivity contribution in [3.63, 3.8) is 0 Å². The molecule has 3 nitrogen and oxygen atoms in total. The van der Waals surface area contributed by atoms with Crippen LogP contribution in [0.1, 0.15) is 5.56 Å².